The van der Waals surface area contributed by atoms with Crippen molar-refractivity contribution in [3.63, 3.8) is 0 Å². The Bertz CT molecular complexity index is 1280. The molecule has 0 spiro atoms. The lowest BCUT2D eigenvalue weighted by Crippen LogP contribution is -2.49. The van der Waals surface area contributed by atoms with Crippen LogP contribution < -0.4 is 4.90 Å². The minimum atomic E-state index is 0.465. The quantitative estimate of drug-likeness (QED) is 0.530. The Labute approximate surface area is 214 Å². The number of hydrogen-bond donors (Lipinski definition) is 0. The largest absolute Gasteiger partial charge is 0.366 e. The minimum absolute atomic E-state index is 0.465. The molecule has 0 aromatic carbocycles. The van der Waals surface area contributed by atoms with Crippen LogP contribution in [-0.2, 0) is 26.6 Å². The topological polar surface area (TPSA) is 55.0 Å². The number of aryl methyl sites for hydroxylation is 3. The molecule has 7 nitrogen and oxygen atoms in total. The fourth-order valence-corrected chi connectivity index (χ4v) is 8.32. The number of hydrogen-bond acceptors (Lipinski definition) is 5. The molecule has 2 saturated carbocycles. The predicted molar refractivity (Wildman–Crippen MR) is 143 cm³/mol. The molecule has 3 atom stereocenters. The van der Waals surface area contributed by atoms with Crippen LogP contribution in [0.15, 0.2) is 12.3 Å². The van der Waals surface area contributed by atoms with E-state index in [-0.39, 0.29) is 0 Å². The normalized spacial score (nSPS) is 28.7. The van der Waals surface area contributed by atoms with Crippen molar-refractivity contribution in [3.05, 3.63) is 34.9 Å². The third-order valence-electron chi connectivity index (χ3n) is 10.1. The van der Waals surface area contributed by atoms with Crippen LogP contribution in [0.2, 0.25) is 0 Å². The van der Waals surface area contributed by atoms with Crippen LogP contribution in [0.5, 0.6) is 0 Å². The van der Waals surface area contributed by atoms with Crippen molar-refractivity contribution in [2.24, 2.45) is 18.4 Å². The molecule has 2 bridgehead atoms. The highest BCUT2D eigenvalue weighted by Crippen LogP contribution is 2.51. The molecule has 7 rings (SSSR count). The summed E-state index contributed by atoms with van der Waals surface area (Å²) in [5.41, 5.74) is 7.91. The van der Waals surface area contributed by atoms with Crippen LogP contribution in [0.4, 0.5) is 5.69 Å². The van der Waals surface area contributed by atoms with E-state index in [1.54, 1.807) is 0 Å². The van der Waals surface area contributed by atoms with E-state index in [0.717, 1.165) is 54.7 Å². The van der Waals surface area contributed by atoms with Crippen molar-refractivity contribution in [2.45, 2.75) is 90.8 Å². The molecule has 3 fully saturated rings. The first kappa shape index (κ1) is 22.8. The maximum atomic E-state index is 5.19. The molecule has 2 aliphatic carbocycles. The van der Waals surface area contributed by atoms with Crippen LogP contribution in [0, 0.1) is 25.2 Å². The highest BCUT2D eigenvalue weighted by Gasteiger charge is 2.46. The highest BCUT2D eigenvalue weighted by atomic mass is 15.3. The van der Waals surface area contributed by atoms with Crippen molar-refractivity contribution in [1.29, 1.82) is 0 Å². The maximum absolute atomic E-state index is 5.19. The van der Waals surface area contributed by atoms with Crippen LogP contribution in [0.3, 0.4) is 0 Å². The first-order valence-corrected chi connectivity index (χ1v) is 14.3. The van der Waals surface area contributed by atoms with Gasteiger partial charge >= 0.3 is 0 Å². The smallest absolute Gasteiger partial charge is 0.159 e. The molecule has 3 unspecified atom stereocenters. The van der Waals surface area contributed by atoms with E-state index in [1.807, 2.05) is 17.9 Å². The van der Waals surface area contributed by atoms with Crippen molar-refractivity contribution >= 4 is 16.7 Å². The number of fused-ring (bicyclic) bond motifs is 4. The van der Waals surface area contributed by atoms with Crippen molar-refractivity contribution in [3.8, 4) is 0 Å². The van der Waals surface area contributed by atoms with Crippen LogP contribution in [0.1, 0.15) is 74.0 Å². The van der Waals surface area contributed by atoms with Gasteiger partial charge in [-0.15, -0.1) is 0 Å². The minimum Gasteiger partial charge on any atom is -0.366 e. The van der Waals surface area contributed by atoms with E-state index in [0.29, 0.717) is 5.41 Å². The summed E-state index contributed by atoms with van der Waals surface area (Å²) in [6, 6.07) is 3.09. The van der Waals surface area contributed by atoms with E-state index >= 15 is 0 Å². The number of pyridine rings is 1. The summed E-state index contributed by atoms with van der Waals surface area (Å²) in [5, 5.41) is 10.8. The van der Waals surface area contributed by atoms with Gasteiger partial charge in [-0.05, 0) is 89.3 Å². The van der Waals surface area contributed by atoms with Gasteiger partial charge in [0.15, 0.2) is 5.65 Å². The Morgan fingerprint density at radius 1 is 1.06 bits per heavy atom. The first-order chi connectivity index (χ1) is 17.5. The molecule has 2 aliphatic heterocycles. The fraction of sp³-hybridized carbons (Fsp3) is 0.690. The molecule has 7 heteroatoms. The zero-order valence-corrected chi connectivity index (χ0v) is 22.3. The molecule has 0 N–H and O–H groups in total. The first-order valence-electron chi connectivity index (χ1n) is 14.3. The summed E-state index contributed by atoms with van der Waals surface area (Å²) in [5.74, 6) is 0.908. The van der Waals surface area contributed by atoms with E-state index in [1.165, 1.54) is 87.1 Å². The third kappa shape index (κ3) is 3.68. The molecular formula is C29H41N7. The number of nitrogens with zero attached hydrogens (tertiary/aromatic N) is 7. The molecular weight excluding hydrogens is 446 g/mol. The summed E-state index contributed by atoms with van der Waals surface area (Å²) in [4.78, 5) is 10.1. The lowest BCUT2D eigenvalue weighted by atomic mass is 9.60. The molecule has 36 heavy (non-hydrogen) atoms. The Hall–Kier alpha value is -2.41. The molecule has 4 aliphatic rings. The van der Waals surface area contributed by atoms with E-state index in [2.05, 4.69) is 39.5 Å². The molecule has 0 radical (unpaired) electrons. The van der Waals surface area contributed by atoms with Crippen molar-refractivity contribution < 1.29 is 0 Å². The Kier molecular flexibility index (Phi) is 5.42. The SMILES string of the molecule is Cc1cc(N2CCc3c(c(C)nn3CC34CCCC(C3)C(N3CCCC3)CC4)C2)c2cnn(C)c2n1. The second-order valence-corrected chi connectivity index (χ2v) is 12.3. The molecule has 3 aromatic rings. The molecule has 0 amide bonds. The van der Waals surface area contributed by atoms with Crippen LogP contribution >= 0.6 is 0 Å². The third-order valence-corrected chi connectivity index (χ3v) is 10.1. The fourth-order valence-electron chi connectivity index (χ4n) is 8.32. The summed E-state index contributed by atoms with van der Waals surface area (Å²) < 4.78 is 4.34. The number of aromatic nitrogens is 5. The van der Waals surface area contributed by atoms with E-state index < -0.39 is 0 Å². The predicted octanol–water partition coefficient (Wildman–Crippen LogP) is 4.78. The van der Waals surface area contributed by atoms with Gasteiger partial charge in [-0.25, -0.2) is 4.98 Å². The van der Waals surface area contributed by atoms with Gasteiger partial charge in [-0.1, -0.05) is 6.42 Å². The van der Waals surface area contributed by atoms with E-state index in [4.69, 9.17) is 10.1 Å². The second-order valence-electron chi connectivity index (χ2n) is 12.3. The van der Waals surface area contributed by atoms with Gasteiger partial charge < -0.3 is 9.80 Å². The molecule has 1 saturated heterocycles. The molecule has 3 aromatic heterocycles. The van der Waals surface area contributed by atoms with Crippen LogP contribution in [-0.4, -0.2) is 55.1 Å². The van der Waals surface area contributed by atoms with Gasteiger partial charge in [0.05, 0.1) is 23.0 Å². The number of rotatable bonds is 4. The number of likely N-dealkylation sites (tertiary alicyclic amines) is 1. The van der Waals surface area contributed by atoms with Gasteiger partial charge in [0.25, 0.3) is 0 Å². The summed E-state index contributed by atoms with van der Waals surface area (Å²) in [6.07, 6.45) is 14.3. The summed E-state index contributed by atoms with van der Waals surface area (Å²) in [7, 11) is 1.98. The zero-order valence-electron chi connectivity index (χ0n) is 22.3. The molecule has 5 heterocycles. The van der Waals surface area contributed by atoms with Gasteiger partial charge in [0.1, 0.15) is 0 Å². The van der Waals surface area contributed by atoms with Gasteiger partial charge in [0, 0.05) is 56.1 Å². The maximum Gasteiger partial charge on any atom is 0.159 e. The Balaban J connectivity index is 1.13. The van der Waals surface area contributed by atoms with Gasteiger partial charge in [0.2, 0.25) is 0 Å². The van der Waals surface area contributed by atoms with Crippen LogP contribution in [0.25, 0.3) is 11.0 Å². The lowest BCUT2D eigenvalue weighted by molar-refractivity contribution is -0.00506. The standard InChI is InChI=1S/C29H41N7/c1-20-15-27(23-17-30-33(3)28(23)31-20)35-14-9-26-24(18-35)21(2)32-36(26)19-29-10-6-7-22(16-29)25(8-11-29)34-12-4-5-13-34/h15,17,22,25H,4-14,16,18-19H2,1-3H3. The van der Waals surface area contributed by atoms with Crippen molar-refractivity contribution in [1.82, 2.24) is 29.4 Å². The van der Waals surface area contributed by atoms with Gasteiger partial charge in [-0.3, -0.25) is 9.36 Å². The van der Waals surface area contributed by atoms with E-state index in [9.17, 15) is 0 Å². The molecule has 192 valence electrons. The lowest BCUT2D eigenvalue weighted by Gasteiger charge is -2.51. The zero-order chi connectivity index (χ0) is 24.4. The highest BCUT2D eigenvalue weighted by molar-refractivity contribution is 5.89. The second kappa shape index (κ2) is 8.57. The Morgan fingerprint density at radius 3 is 2.78 bits per heavy atom. The monoisotopic (exact) mass is 487 g/mol. The Morgan fingerprint density at radius 2 is 1.92 bits per heavy atom. The average molecular weight is 488 g/mol. The van der Waals surface area contributed by atoms with Crippen molar-refractivity contribution in [2.75, 3.05) is 24.5 Å². The summed E-state index contributed by atoms with van der Waals surface area (Å²) >= 11 is 0. The summed E-state index contributed by atoms with van der Waals surface area (Å²) in [6.45, 7) is 10.1. The van der Waals surface area contributed by atoms with Gasteiger partial charge in [-0.2, -0.15) is 10.2 Å². The average Bonchev–Trinajstić information content (AvgIpc) is 3.60. The number of anilines is 1.